The zero-order valence-corrected chi connectivity index (χ0v) is 15.0. The maximum absolute atomic E-state index is 2.92. The van der Waals surface area contributed by atoms with Crippen molar-refractivity contribution in [3.05, 3.63) is 122 Å². The van der Waals surface area contributed by atoms with Gasteiger partial charge in [-0.3, -0.25) is 0 Å². The van der Waals surface area contributed by atoms with Gasteiger partial charge >= 0.3 is 0 Å². The van der Waals surface area contributed by atoms with E-state index in [1.807, 2.05) is 36.7 Å². The summed E-state index contributed by atoms with van der Waals surface area (Å²) in [6.07, 6.45) is 11.6. The zero-order chi connectivity index (χ0) is 18.3. The van der Waals surface area contributed by atoms with Gasteiger partial charge in [0.25, 0.3) is 0 Å². The van der Waals surface area contributed by atoms with Gasteiger partial charge in [0.2, 0.25) is 0 Å². The Morgan fingerprint density at radius 1 is 0.407 bits per heavy atom. The molecule has 0 unspecified atom stereocenters. The number of rotatable bonds is 1. The number of fused-ring (bicyclic) bond motifs is 2. The fraction of sp³-hybridized carbons (Fsp3) is 0. The molecule has 0 atom stereocenters. The molecule has 0 fully saturated rings. The summed E-state index contributed by atoms with van der Waals surface area (Å²) in [5, 5.41) is 8.13. The van der Waals surface area contributed by atoms with Crippen molar-refractivity contribution in [1.82, 2.24) is 5.32 Å². The molecule has 130 valence electrons. The van der Waals surface area contributed by atoms with Gasteiger partial charge in [-0.15, -0.1) is 0 Å². The molecule has 0 bridgehead atoms. The molecular formula is C26H21N. The average molecular weight is 347 g/mol. The van der Waals surface area contributed by atoms with Gasteiger partial charge in [-0.2, -0.15) is 0 Å². The molecule has 1 N–H and O–H groups in total. The molecule has 4 aromatic carbocycles. The molecule has 1 aliphatic rings. The summed E-state index contributed by atoms with van der Waals surface area (Å²) in [4.78, 5) is 0. The quantitative estimate of drug-likeness (QED) is 0.398. The van der Waals surface area contributed by atoms with Crippen molar-refractivity contribution in [2.75, 3.05) is 0 Å². The Labute approximate surface area is 160 Å². The molecule has 0 saturated carbocycles. The minimum atomic E-state index is 1.29. The van der Waals surface area contributed by atoms with Crippen LogP contribution in [0.15, 0.2) is 122 Å². The Morgan fingerprint density at radius 3 is 1.37 bits per heavy atom. The summed E-state index contributed by atoms with van der Waals surface area (Å²) in [7, 11) is 0. The molecule has 27 heavy (non-hydrogen) atoms. The predicted molar refractivity (Wildman–Crippen MR) is 117 cm³/mol. The third kappa shape index (κ3) is 3.83. The van der Waals surface area contributed by atoms with E-state index in [0.29, 0.717) is 0 Å². The van der Waals surface area contributed by atoms with E-state index in [-0.39, 0.29) is 0 Å². The predicted octanol–water partition coefficient (Wildman–Crippen LogP) is 6.83. The van der Waals surface area contributed by atoms with Crippen molar-refractivity contribution in [1.29, 1.82) is 0 Å². The highest BCUT2D eigenvalue weighted by Crippen LogP contribution is 2.33. The van der Waals surface area contributed by atoms with Crippen LogP contribution in [0.4, 0.5) is 0 Å². The minimum absolute atomic E-state index is 1.29. The highest BCUT2D eigenvalue weighted by Gasteiger charge is 2.06. The van der Waals surface area contributed by atoms with Crippen molar-refractivity contribution in [2.24, 2.45) is 0 Å². The Balaban J connectivity index is 0.000000218. The van der Waals surface area contributed by atoms with Gasteiger partial charge in [0.15, 0.2) is 0 Å². The average Bonchev–Trinajstić information content (AvgIpc) is 3.07. The van der Waals surface area contributed by atoms with Crippen molar-refractivity contribution >= 4 is 21.5 Å². The second kappa shape index (κ2) is 8.20. The summed E-state index contributed by atoms with van der Waals surface area (Å²) in [5.41, 5.74) is 2.61. The molecule has 1 nitrogen and oxygen atoms in total. The zero-order valence-electron chi connectivity index (χ0n) is 15.0. The fourth-order valence-electron chi connectivity index (χ4n) is 3.33. The molecule has 0 spiro atoms. The number of nitrogens with one attached hydrogen (secondary N) is 1. The number of benzene rings is 4. The third-order valence-electron chi connectivity index (χ3n) is 4.59. The topological polar surface area (TPSA) is 12.0 Å². The molecule has 0 aromatic heterocycles. The van der Waals surface area contributed by atoms with Gasteiger partial charge in [-0.05, 0) is 44.8 Å². The van der Waals surface area contributed by atoms with Crippen LogP contribution < -0.4 is 5.32 Å². The van der Waals surface area contributed by atoms with Crippen LogP contribution in [-0.4, -0.2) is 0 Å². The largest absolute Gasteiger partial charge is 0.368 e. The lowest BCUT2D eigenvalue weighted by Gasteiger charge is -2.10. The van der Waals surface area contributed by atoms with Gasteiger partial charge in [0, 0.05) is 12.4 Å². The lowest BCUT2D eigenvalue weighted by molar-refractivity contribution is 1.20. The van der Waals surface area contributed by atoms with E-state index >= 15 is 0 Å². The first-order chi connectivity index (χ1) is 13.4. The Hall–Kier alpha value is -3.58. The van der Waals surface area contributed by atoms with E-state index in [9.17, 15) is 0 Å². The maximum Gasteiger partial charge on any atom is 0.000442 e. The molecule has 5 rings (SSSR count). The van der Waals surface area contributed by atoms with Gasteiger partial charge in [0.1, 0.15) is 0 Å². The number of allylic oxidation sites excluding steroid dienone is 4. The fourth-order valence-corrected chi connectivity index (χ4v) is 3.33. The van der Waals surface area contributed by atoms with E-state index in [0.717, 1.165) is 0 Å². The summed E-state index contributed by atoms with van der Waals surface area (Å²) in [5.74, 6) is 0. The highest BCUT2D eigenvalue weighted by atomic mass is 14.8. The molecule has 1 heteroatoms. The van der Waals surface area contributed by atoms with E-state index in [4.69, 9.17) is 0 Å². The minimum Gasteiger partial charge on any atom is -0.368 e. The van der Waals surface area contributed by atoms with Gasteiger partial charge in [-0.1, -0.05) is 97.1 Å². The van der Waals surface area contributed by atoms with E-state index in [1.165, 1.54) is 32.7 Å². The Kier molecular flexibility index (Phi) is 5.12. The Morgan fingerprint density at radius 2 is 0.852 bits per heavy atom. The number of hydrogen-bond donors (Lipinski definition) is 1. The first-order valence-corrected chi connectivity index (χ1v) is 9.14. The van der Waals surface area contributed by atoms with Crippen LogP contribution in [0.3, 0.4) is 0 Å². The molecule has 1 heterocycles. The van der Waals surface area contributed by atoms with Crippen molar-refractivity contribution in [3.8, 4) is 11.1 Å². The van der Waals surface area contributed by atoms with E-state index < -0.39 is 0 Å². The van der Waals surface area contributed by atoms with Crippen LogP contribution >= 0.6 is 0 Å². The smallest absolute Gasteiger partial charge is 0.000442 e. The first kappa shape index (κ1) is 16.9. The molecular weight excluding hydrogens is 326 g/mol. The van der Waals surface area contributed by atoms with E-state index in [2.05, 4.69) is 90.2 Å². The summed E-state index contributed by atoms with van der Waals surface area (Å²) >= 11 is 0. The standard InChI is InChI=1S/C20H14.C6H7N/c1-3-11-17-15(7-1)9-5-13-19(17)20-14-6-10-16-8-2-4-12-18(16)20;1-2-4-6-7-5-3-1/h1-14H;1-7H. The van der Waals surface area contributed by atoms with Gasteiger partial charge < -0.3 is 5.32 Å². The second-order valence-electron chi connectivity index (χ2n) is 6.32. The number of hydrogen-bond acceptors (Lipinski definition) is 1. The van der Waals surface area contributed by atoms with Crippen LogP contribution in [0, 0.1) is 0 Å². The van der Waals surface area contributed by atoms with Crippen LogP contribution in [0.25, 0.3) is 32.7 Å². The summed E-state index contributed by atoms with van der Waals surface area (Å²) in [6.45, 7) is 0. The van der Waals surface area contributed by atoms with Gasteiger partial charge in [0.05, 0.1) is 0 Å². The highest BCUT2D eigenvalue weighted by molar-refractivity contribution is 6.05. The molecule has 4 aromatic rings. The van der Waals surface area contributed by atoms with Crippen LogP contribution in [0.2, 0.25) is 0 Å². The SMILES string of the molecule is C1=CC=CNC=C1.c1ccc2c(-c3cccc4ccccc34)cccc2c1. The summed E-state index contributed by atoms with van der Waals surface area (Å²) in [6, 6.07) is 30.2. The molecule has 0 aliphatic carbocycles. The lowest BCUT2D eigenvalue weighted by atomic mass is 9.94. The van der Waals surface area contributed by atoms with Crippen LogP contribution in [-0.2, 0) is 0 Å². The van der Waals surface area contributed by atoms with E-state index in [1.54, 1.807) is 0 Å². The van der Waals surface area contributed by atoms with Crippen LogP contribution in [0.1, 0.15) is 0 Å². The molecule has 0 radical (unpaired) electrons. The summed E-state index contributed by atoms with van der Waals surface area (Å²) < 4.78 is 0. The molecule has 1 aliphatic heterocycles. The van der Waals surface area contributed by atoms with Crippen molar-refractivity contribution in [3.63, 3.8) is 0 Å². The van der Waals surface area contributed by atoms with Gasteiger partial charge in [-0.25, -0.2) is 0 Å². The normalized spacial score (nSPS) is 12.3. The monoisotopic (exact) mass is 347 g/mol. The van der Waals surface area contributed by atoms with Crippen molar-refractivity contribution in [2.45, 2.75) is 0 Å². The maximum atomic E-state index is 2.92. The van der Waals surface area contributed by atoms with Crippen LogP contribution in [0.5, 0.6) is 0 Å². The lowest BCUT2D eigenvalue weighted by Crippen LogP contribution is -1.87. The molecule has 0 amide bonds. The first-order valence-electron chi connectivity index (χ1n) is 9.14. The molecule has 0 saturated heterocycles. The third-order valence-corrected chi connectivity index (χ3v) is 4.59. The van der Waals surface area contributed by atoms with Crippen molar-refractivity contribution < 1.29 is 0 Å². The Bertz CT molecular complexity index is 1050. The second-order valence-corrected chi connectivity index (χ2v) is 6.32.